The Morgan fingerprint density at radius 2 is 1.87 bits per heavy atom. The minimum absolute atomic E-state index is 0.744. The SMILES string of the molecule is c1ccc2nc(-c3ncc[nH]3)cnc2c1. The molecule has 0 radical (unpaired) electrons. The molecule has 0 bridgehead atoms. The predicted molar refractivity (Wildman–Crippen MR) is 57.1 cm³/mol. The Balaban J connectivity index is 2.22. The fourth-order valence-corrected chi connectivity index (χ4v) is 1.48. The van der Waals surface area contributed by atoms with Crippen molar-refractivity contribution in [2.24, 2.45) is 0 Å². The van der Waals surface area contributed by atoms with Crippen molar-refractivity contribution in [3.63, 3.8) is 0 Å². The summed E-state index contributed by atoms with van der Waals surface area (Å²) in [7, 11) is 0. The molecule has 0 amide bonds. The van der Waals surface area contributed by atoms with Gasteiger partial charge in [0.25, 0.3) is 0 Å². The van der Waals surface area contributed by atoms with E-state index in [0.29, 0.717) is 0 Å². The van der Waals surface area contributed by atoms with E-state index in [4.69, 9.17) is 0 Å². The Hall–Kier alpha value is -2.23. The normalized spacial score (nSPS) is 10.7. The van der Waals surface area contributed by atoms with Crippen molar-refractivity contribution in [1.82, 2.24) is 19.9 Å². The smallest absolute Gasteiger partial charge is 0.157 e. The quantitative estimate of drug-likeness (QED) is 0.647. The van der Waals surface area contributed by atoms with Crippen LogP contribution in [0.15, 0.2) is 42.9 Å². The highest BCUT2D eigenvalue weighted by Gasteiger charge is 2.03. The number of nitrogens with one attached hydrogen (secondary N) is 1. The molecule has 2 aromatic heterocycles. The van der Waals surface area contributed by atoms with Crippen LogP contribution in [0.4, 0.5) is 0 Å². The van der Waals surface area contributed by atoms with E-state index in [0.717, 1.165) is 22.6 Å². The molecule has 4 nitrogen and oxygen atoms in total. The third-order valence-electron chi connectivity index (χ3n) is 2.19. The standard InChI is InChI=1S/C11H8N4/c1-2-4-9-8(3-1)14-7-10(15-9)11-12-5-6-13-11/h1-7H,(H,12,13). The lowest BCUT2D eigenvalue weighted by molar-refractivity contribution is 1.21. The van der Waals surface area contributed by atoms with Gasteiger partial charge >= 0.3 is 0 Å². The molecule has 1 N–H and O–H groups in total. The molecule has 3 rings (SSSR count). The number of hydrogen-bond donors (Lipinski definition) is 1. The average Bonchev–Trinajstić information content (AvgIpc) is 2.82. The van der Waals surface area contributed by atoms with Crippen LogP contribution >= 0.6 is 0 Å². The van der Waals surface area contributed by atoms with Gasteiger partial charge in [-0.2, -0.15) is 0 Å². The first-order valence-electron chi connectivity index (χ1n) is 4.65. The van der Waals surface area contributed by atoms with Gasteiger partial charge in [0.1, 0.15) is 5.69 Å². The summed E-state index contributed by atoms with van der Waals surface area (Å²) in [6.45, 7) is 0. The lowest BCUT2D eigenvalue weighted by Gasteiger charge is -1.98. The van der Waals surface area contributed by atoms with E-state index in [2.05, 4.69) is 19.9 Å². The van der Waals surface area contributed by atoms with Crippen LogP contribution in [-0.2, 0) is 0 Å². The molecule has 3 aromatic rings. The second-order valence-electron chi connectivity index (χ2n) is 3.18. The molecule has 4 heteroatoms. The van der Waals surface area contributed by atoms with E-state index in [1.807, 2.05) is 24.3 Å². The highest BCUT2D eigenvalue weighted by atomic mass is 14.9. The van der Waals surface area contributed by atoms with Gasteiger partial charge in [-0.1, -0.05) is 12.1 Å². The van der Waals surface area contributed by atoms with E-state index < -0.39 is 0 Å². The first-order chi connectivity index (χ1) is 7.43. The molecule has 0 aliphatic heterocycles. The van der Waals surface area contributed by atoms with Crippen molar-refractivity contribution < 1.29 is 0 Å². The third kappa shape index (κ3) is 1.36. The maximum atomic E-state index is 4.46. The lowest BCUT2D eigenvalue weighted by atomic mass is 10.3. The Labute approximate surface area is 86.0 Å². The molecule has 0 atom stereocenters. The summed E-state index contributed by atoms with van der Waals surface area (Å²) in [5, 5.41) is 0. The zero-order valence-corrected chi connectivity index (χ0v) is 7.88. The Bertz CT molecular complexity index is 586. The third-order valence-corrected chi connectivity index (χ3v) is 2.19. The first kappa shape index (κ1) is 8.11. The second-order valence-corrected chi connectivity index (χ2v) is 3.18. The number of rotatable bonds is 1. The molecule has 0 unspecified atom stereocenters. The summed E-state index contributed by atoms with van der Waals surface area (Å²) >= 11 is 0. The molecule has 1 aromatic carbocycles. The number of H-pyrrole nitrogens is 1. The molecule has 0 aliphatic rings. The van der Waals surface area contributed by atoms with Crippen molar-refractivity contribution in [2.75, 3.05) is 0 Å². The van der Waals surface area contributed by atoms with Gasteiger partial charge in [-0.3, -0.25) is 4.98 Å². The van der Waals surface area contributed by atoms with Gasteiger partial charge in [0.15, 0.2) is 5.82 Å². The van der Waals surface area contributed by atoms with Gasteiger partial charge < -0.3 is 4.98 Å². The number of benzene rings is 1. The van der Waals surface area contributed by atoms with E-state index in [1.165, 1.54) is 0 Å². The van der Waals surface area contributed by atoms with E-state index in [-0.39, 0.29) is 0 Å². The van der Waals surface area contributed by atoms with Gasteiger partial charge in [0, 0.05) is 12.4 Å². The fraction of sp³-hybridized carbons (Fsp3) is 0. The minimum Gasteiger partial charge on any atom is -0.343 e. The molecule has 0 aliphatic carbocycles. The largest absolute Gasteiger partial charge is 0.343 e. The highest BCUT2D eigenvalue weighted by molar-refractivity contribution is 5.75. The molecule has 2 heterocycles. The maximum absolute atomic E-state index is 4.46. The molecule has 15 heavy (non-hydrogen) atoms. The van der Waals surface area contributed by atoms with Gasteiger partial charge in [0.2, 0.25) is 0 Å². The zero-order chi connectivity index (χ0) is 10.1. The minimum atomic E-state index is 0.744. The van der Waals surface area contributed by atoms with Crippen molar-refractivity contribution in [2.45, 2.75) is 0 Å². The number of aromatic nitrogens is 4. The first-order valence-corrected chi connectivity index (χ1v) is 4.65. The van der Waals surface area contributed by atoms with Gasteiger partial charge in [-0.05, 0) is 12.1 Å². The van der Waals surface area contributed by atoms with E-state index in [1.54, 1.807) is 18.6 Å². The average molecular weight is 196 g/mol. The van der Waals surface area contributed by atoms with Crippen LogP contribution in [0, 0.1) is 0 Å². The maximum Gasteiger partial charge on any atom is 0.157 e. The molecular formula is C11H8N4. The molecule has 0 spiro atoms. The lowest BCUT2D eigenvalue weighted by Crippen LogP contribution is -1.89. The summed E-state index contributed by atoms with van der Waals surface area (Å²) in [5.41, 5.74) is 2.54. The predicted octanol–water partition coefficient (Wildman–Crippen LogP) is 2.02. The summed E-state index contributed by atoms with van der Waals surface area (Å²) in [5.74, 6) is 0.744. The van der Waals surface area contributed by atoms with Crippen molar-refractivity contribution in [1.29, 1.82) is 0 Å². The summed E-state index contributed by atoms with van der Waals surface area (Å²) in [4.78, 5) is 15.9. The number of hydrogen-bond acceptors (Lipinski definition) is 3. The topological polar surface area (TPSA) is 54.5 Å². The van der Waals surface area contributed by atoms with Crippen LogP contribution < -0.4 is 0 Å². The van der Waals surface area contributed by atoms with Gasteiger partial charge in [-0.15, -0.1) is 0 Å². The number of nitrogens with zero attached hydrogens (tertiary/aromatic N) is 3. The van der Waals surface area contributed by atoms with E-state index in [9.17, 15) is 0 Å². The monoisotopic (exact) mass is 196 g/mol. The van der Waals surface area contributed by atoms with Crippen molar-refractivity contribution in [3.8, 4) is 11.5 Å². The molecule has 0 saturated heterocycles. The molecular weight excluding hydrogens is 188 g/mol. The van der Waals surface area contributed by atoms with Crippen LogP contribution in [0.1, 0.15) is 0 Å². The number of fused-ring (bicyclic) bond motifs is 1. The van der Waals surface area contributed by atoms with Crippen LogP contribution in [0.2, 0.25) is 0 Å². The van der Waals surface area contributed by atoms with Crippen molar-refractivity contribution >= 4 is 11.0 Å². The Morgan fingerprint density at radius 1 is 1.00 bits per heavy atom. The molecule has 0 fully saturated rings. The highest BCUT2D eigenvalue weighted by Crippen LogP contribution is 2.14. The zero-order valence-electron chi connectivity index (χ0n) is 7.88. The summed E-state index contributed by atoms with van der Waals surface area (Å²) in [6.07, 6.45) is 5.19. The number of aromatic amines is 1. The second kappa shape index (κ2) is 3.16. The van der Waals surface area contributed by atoms with Crippen LogP contribution in [0.3, 0.4) is 0 Å². The Morgan fingerprint density at radius 3 is 2.67 bits per heavy atom. The summed E-state index contributed by atoms with van der Waals surface area (Å²) in [6, 6.07) is 7.77. The van der Waals surface area contributed by atoms with Gasteiger partial charge in [0.05, 0.1) is 17.2 Å². The molecule has 0 saturated carbocycles. The number of imidazole rings is 1. The van der Waals surface area contributed by atoms with Crippen LogP contribution in [0.5, 0.6) is 0 Å². The Kier molecular flexibility index (Phi) is 1.71. The fourth-order valence-electron chi connectivity index (χ4n) is 1.48. The van der Waals surface area contributed by atoms with Crippen LogP contribution in [-0.4, -0.2) is 19.9 Å². The van der Waals surface area contributed by atoms with Gasteiger partial charge in [-0.25, -0.2) is 9.97 Å². The number of para-hydroxylation sites is 2. The van der Waals surface area contributed by atoms with Crippen molar-refractivity contribution in [3.05, 3.63) is 42.9 Å². The molecule has 72 valence electrons. The van der Waals surface area contributed by atoms with E-state index >= 15 is 0 Å². The van der Waals surface area contributed by atoms with Crippen LogP contribution in [0.25, 0.3) is 22.6 Å². The summed E-state index contributed by atoms with van der Waals surface area (Å²) < 4.78 is 0.